The largest absolute Gasteiger partial charge is 0.378 e. The lowest BCUT2D eigenvalue weighted by Crippen LogP contribution is -2.25. The van der Waals surface area contributed by atoms with Crippen molar-refractivity contribution in [3.63, 3.8) is 0 Å². The number of benzene rings is 3. The normalized spacial score (nSPS) is 16.4. The summed E-state index contributed by atoms with van der Waals surface area (Å²) in [5.74, 6) is 0.0953. The highest BCUT2D eigenvalue weighted by atomic mass is 16.2. The van der Waals surface area contributed by atoms with Gasteiger partial charge < -0.3 is 9.80 Å². The van der Waals surface area contributed by atoms with E-state index in [0.717, 1.165) is 46.5 Å². The highest BCUT2D eigenvalue weighted by Gasteiger charge is 2.33. The Kier molecular flexibility index (Phi) is 5.11. The average molecular weight is 409 g/mol. The van der Waals surface area contributed by atoms with Gasteiger partial charge in [0, 0.05) is 30.9 Å². The molecule has 1 heterocycles. The van der Waals surface area contributed by atoms with E-state index in [-0.39, 0.29) is 5.91 Å². The van der Waals surface area contributed by atoms with E-state index in [1.807, 2.05) is 37.2 Å². The summed E-state index contributed by atoms with van der Waals surface area (Å²) in [5.41, 5.74) is 9.12. The Labute approximate surface area is 184 Å². The van der Waals surface area contributed by atoms with Crippen LogP contribution in [0.4, 0.5) is 11.4 Å². The van der Waals surface area contributed by atoms with Crippen molar-refractivity contribution in [1.29, 1.82) is 0 Å². The zero-order valence-corrected chi connectivity index (χ0v) is 18.3. The minimum atomic E-state index is 0.0953. The SMILES string of the molecule is CN(C)c1ccc(/C=C2\C(=O)N(Cc3ccccc3)c3cc4c(cc32)CCCC4)cc1. The van der Waals surface area contributed by atoms with Gasteiger partial charge in [0.2, 0.25) is 0 Å². The Hall–Kier alpha value is -3.33. The number of hydrogen-bond acceptors (Lipinski definition) is 2. The molecule has 0 atom stereocenters. The number of hydrogen-bond donors (Lipinski definition) is 0. The third-order valence-corrected chi connectivity index (χ3v) is 6.42. The summed E-state index contributed by atoms with van der Waals surface area (Å²) in [5, 5.41) is 0. The third kappa shape index (κ3) is 3.76. The number of rotatable bonds is 4. The van der Waals surface area contributed by atoms with Crippen LogP contribution in [-0.2, 0) is 24.2 Å². The highest BCUT2D eigenvalue weighted by molar-refractivity contribution is 6.35. The van der Waals surface area contributed by atoms with Gasteiger partial charge in [-0.05, 0) is 78.3 Å². The van der Waals surface area contributed by atoms with E-state index in [2.05, 4.69) is 59.5 Å². The molecule has 0 radical (unpaired) electrons. The maximum atomic E-state index is 13.6. The van der Waals surface area contributed by atoms with Crippen LogP contribution in [-0.4, -0.2) is 20.0 Å². The first kappa shape index (κ1) is 19.6. The molecular formula is C28H28N2O. The minimum Gasteiger partial charge on any atom is -0.378 e. The maximum absolute atomic E-state index is 13.6. The average Bonchev–Trinajstić information content (AvgIpc) is 3.04. The topological polar surface area (TPSA) is 23.6 Å². The van der Waals surface area contributed by atoms with E-state index in [1.54, 1.807) is 0 Å². The third-order valence-electron chi connectivity index (χ3n) is 6.42. The van der Waals surface area contributed by atoms with Gasteiger partial charge in [0.05, 0.1) is 12.2 Å². The van der Waals surface area contributed by atoms with Crippen molar-refractivity contribution < 1.29 is 4.79 Å². The minimum absolute atomic E-state index is 0.0953. The van der Waals surface area contributed by atoms with Gasteiger partial charge in [0.15, 0.2) is 0 Å². The van der Waals surface area contributed by atoms with E-state index in [9.17, 15) is 4.79 Å². The molecule has 156 valence electrons. The van der Waals surface area contributed by atoms with Gasteiger partial charge in [-0.1, -0.05) is 42.5 Å². The van der Waals surface area contributed by atoms with Crippen molar-refractivity contribution in [2.24, 2.45) is 0 Å². The first-order chi connectivity index (χ1) is 15.1. The van der Waals surface area contributed by atoms with Crippen LogP contribution < -0.4 is 9.80 Å². The molecule has 0 saturated carbocycles. The molecule has 0 fully saturated rings. The van der Waals surface area contributed by atoms with Gasteiger partial charge in [-0.15, -0.1) is 0 Å². The smallest absolute Gasteiger partial charge is 0.259 e. The first-order valence-corrected chi connectivity index (χ1v) is 11.1. The molecule has 0 saturated heterocycles. The molecule has 5 rings (SSSR count). The molecule has 2 aliphatic rings. The predicted molar refractivity (Wildman–Crippen MR) is 129 cm³/mol. The van der Waals surface area contributed by atoms with E-state index >= 15 is 0 Å². The van der Waals surface area contributed by atoms with E-state index in [1.165, 1.54) is 24.0 Å². The van der Waals surface area contributed by atoms with Crippen molar-refractivity contribution in [2.45, 2.75) is 32.2 Å². The van der Waals surface area contributed by atoms with Gasteiger partial charge >= 0.3 is 0 Å². The number of nitrogens with zero attached hydrogens (tertiary/aromatic N) is 2. The second kappa shape index (κ2) is 8.07. The summed E-state index contributed by atoms with van der Waals surface area (Å²) >= 11 is 0. The van der Waals surface area contributed by atoms with Crippen molar-refractivity contribution in [2.75, 3.05) is 23.9 Å². The Morgan fingerprint density at radius 1 is 0.903 bits per heavy atom. The molecular weight excluding hydrogens is 380 g/mol. The van der Waals surface area contributed by atoms with Crippen LogP contribution in [0.25, 0.3) is 11.6 Å². The summed E-state index contributed by atoms with van der Waals surface area (Å²) in [7, 11) is 4.07. The Morgan fingerprint density at radius 3 is 2.26 bits per heavy atom. The highest BCUT2D eigenvalue weighted by Crippen LogP contribution is 2.42. The number of aryl methyl sites for hydroxylation is 2. The quantitative estimate of drug-likeness (QED) is 0.516. The molecule has 3 aromatic rings. The fourth-order valence-electron chi connectivity index (χ4n) is 4.68. The summed E-state index contributed by atoms with van der Waals surface area (Å²) in [4.78, 5) is 17.7. The fourth-order valence-corrected chi connectivity index (χ4v) is 4.68. The molecule has 31 heavy (non-hydrogen) atoms. The van der Waals surface area contributed by atoms with Gasteiger partial charge in [0.1, 0.15) is 0 Å². The van der Waals surface area contributed by atoms with Gasteiger partial charge in [-0.3, -0.25) is 4.79 Å². The number of fused-ring (bicyclic) bond motifs is 2. The fraction of sp³-hybridized carbons (Fsp3) is 0.250. The number of carbonyl (C=O) groups is 1. The van der Waals surface area contributed by atoms with Crippen LogP contribution in [0.1, 0.15) is 40.7 Å². The molecule has 1 aliphatic heterocycles. The van der Waals surface area contributed by atoms with Crippen LogP contribution in [0, 0.1) is 0 Å². The van der Waals surface area contributed by atoms with Crippen LogP contribution in [0.5, 0.6) is 0 Å². The predicted octanol–water partition coefficient (Wildman–Crippen LogP) is 5.72. The zero-order valence-electron chi connectivity index (χ0n) is 18.3. The van der Waals surface area contributed by atoms with Crippen LogP contribution in [0.15, 0.2) is 66.7 Å². The van der Waals surface area contributed by atoms with Crippen LogP contribution in [0.3, 0.4) is 0 Å². The molecule has 3 nitrogen and oxygen atoms in total. The van der Waals surface area contributed by atoms with Gasteiger partial charge in [-0.2, -0.15) is 0 Å². The lowest BCUT2D eigenvalue weighted by Gasteiger charge is -2.21. The lowest BCUT2D eigenvalue weighted by atomic mass is 9.88. The zero-order chi connectivity index (χ0) is 21.4. The molecule has 1 amide bonds. The molecule has 0 spiro atoms. The second-order valence-electron chi connectivity index (χ2n) is 8.77. The number of amides is 1. The maximum Gasteiger partial charge on any atom is 0.259 e. The summed E-state index contributed by atoms with van der Waals surface area (Å²) in [6.07, 6.45) is 6.75. The molecule has 3 aromatic carbocycles. The molecule has 0 aromatic heterocycles. The summed E-state index contributed by atoms with van der Waals surface area (Å²) in [6.45, 7) is 0.600. The Bertz CT molecular complexity index is 1140. The molecule has 0 unspecified atom stereocenters. The van der Waals surface area contributed by atoms with Crippen LogP contribution in [0.2, 0.25) is 0 Å². The van der Waals surface area contributed by atoms with Crippen molar-refractivity contribution in [3.05, 3.63) is 94.5 Å². The summed E-state index contributed by atoms with van der Waals surface area (Å²) < 4.78 is 0. The molecule has 3 heteroatoms. The number of carbonyl (C=O) groups excluding carboxylic acids is 1. The first-order valence-electron chi connectivity index (χ1n) is 11.1. The van der Waals surface area contributed by atoms with E-state index in [0.29, 0.717) is 6.54 Å². The van der Waals surface area contributed by atoms with E-state index in [4.69, 9.17) is 0 Å². The van der Waals surface area contributed by atoms with Crippen molar-refractivity contribution in [3.8, 4) is 0 Å². The van der Waals surface area contributed by atoms with Crippen LogP contribution >= 0.6 is 0 Å². The molecule has 0 bridgehead atoms. The lowest BCUT2D eigenvalue weighted by molar-refractivity contribution is -0.113. The molecule has 1 aliphatic carbocycles. The van der Waals surface area contributed by atoms with E-state index < -0.39 is 0 Å². The molecule has 0 N–H and O–H groups in total. The van der Waals surface area contributed by atoms with Crippen molar-refractivity contribution >= 4 is 28.9 Å². The number of anilines is 2. The van der Waals surface area contributed by atoms with Gasteiger partial charge in [-0.25, -0.2) is 0 Å². The Balaban J connectivity index is 1.58. The monoisotopic (exact) mass is 408 g/mol. The second-order valence-corrected chi connectivity index (χ2v) is 8.77. The standard InChI is InChI=1S/C28H28N2O/c1-29(2)24-14-12-20(13-15-24)16-26-25-17-22-10-6-7-11-23(22)18-27(25)30(28(26)31)19-21-8-4-3-5-9-21/h3-5,8-9,12-18H,6-7,10-11,19H2,1-2H3/b26-16-. The summed E-state index contributed by atoms with van der Waals surface area (Å²) in [6, 6.07) is 23.2. The Morgan fingerprint density at radius 2 is 1.58 bits per heavy atom. The van der Waals surface area contributed by atoms with Crippen molar-refractivity contribution in [1.82, 2.24) is 0 Å². The van der Waals surface area contributed by atoms with Gasteiger partial charge in [0.25, 0.3) is 5.91 Å².